The highest BCUT2D eigenvalue weighted by atomic mass is 16.5. The number of hydrogen-bond donors (Lipinski definition) is 0. The molecule has 6 nitrogen and oxygen atoms in total. The molecule has 6 heteroatoms. The minimum absolute atomic E-state index is 0.150. The number of nitrogens with zero attached hydrogens (tertiary/aromatic N) is 4. The molecule has 0 spiro atoms. The Balaban J connectivity index is 1.08. The molecule has 0 amide bonds. The summed E-state index contributed by atoms with van der Waals surface area (Å²) in [6.07, 6.45) is 8.99. The lowest BCUT2D eigenvalue weighted by Crippen LogP contribution is -2.34. The van der Waals surface area contributed by atoms with Crippen LogP contribution < -0.4 is 9.47 Å². The van der Waals surface area contributed by atoms with Crippen molar-refractivity contribution in [2.24, 2.45) is 5.41 Å². The average Bonchev–Trinajstić information content (AvgIpc) is 3.64. The van der Waals surface area contributed by atoms with Gasteiger partial charge in [-0.15, -0.1) is 0 Å². The van der Waals surface area contributed by atoms with Crippen molar-refractivity contribution in [1.82, 2.24) is 19.4 Å². The van der Waals surface area contributed by atoms with Gasteiger partial charge in [0.25, 0.3) is 0 Å². The third-order valence-electron chi connectivity index (χ3n) is 9.06. The molecular weight excluding hydrogens is 496 g/mol. The highest BCUT2D eigenvalue weighted by Crippen LogP contribution is 2.47. The van der Waals surface area contributed by atoms with Gasteiger partial charge in [-0.1, -0.05) is 49.4 Å². The molecule has 2 aromatic heterocycles. The molecule has 2 fully saturated rings. The molecule has 206 valence electrons. The summed E-state index contributed by atoms with van der Waals surface area (Å²) in [6.45, 7) is 8.45. The van der Waals surface area contributed by atoms with Gasteiger partial charge >= 0.3 is 0 Å². The van der Waals surface area contributed by atoms with Crippen LogP contribution in [0.2, 0.25) is 0 Å². The summed E-state index contributed by atoms with van der Waals surface area (Å²) in [5, 5.41) is 0. The largest absolute Gasteiger partial charge is 0.496 e. The van der Waals surface area contributed by atoms with Crippen LogP contribution in [0.25, 0.3) is 17.2 Å². The van der Waals surface area contributed by atoms with Gasteiger partial charge in [-0.05, 0) is 86.9 Å². The molecule has 0 N–H and O–H groups in total. The van der Waals surface area contributed by atoms with Crippen LogP contribution in [0.1, 0.15) is 72.8 Å². The van der Waals surface area contributed by atoms with E-state index in [1.54, 1.807) is 7.11 Å². The molecule has 1 saturated carbocycles. The quantitative estimate of drug-likeness (QED) is 0.254. The zero-order chi connectivity index (χ0) is 27.3. The van der Waals surface area contributed by atoms with Crippen molar-refractivity contribution < 1.29 is 9.47 Å². The van der Waals surface area contributed by atoms with Gasteiger partial charge in [0.05, 0.1) is 13.7 Å². The van der Waals surface area contributed by atoms with E-state index in [1.807, 2.05) is 18.2 Å². The summed E-state index contributed by atoms with van der Waals surface area (Å²) in [6, 6.07) is 18.9. The number of ether oxygens (including phenoxy) is 2. The molecule has 0 radical (unpaired) electrons. The van der Waals surface area contributed by atoms with Gasteiger partial charge in [-0.25, -0.2) is 9.97 Å². The predicted octanol–water partition coefficient (Wildman–Crippen LogP) is 7.07. The van der Waals surface area contributed by atoms with Crippen LogP contribution in [-0.4, -0.2) is 39.6 Å². The SMILES string of the molecule is COc1ccccc1C1C=Cc2cccc(C3CCN(Cc4nc5ccc(C)nc5n4CC4(C)CC4)CC3)c2O1. The van der Waals surface area contributed by atoms with Gasteiger partial charge in [0.15, 0.2) is 5.65 Å². The van der Waals surface area contributed by atoms with Gasteiger partial charge in [0, 0.05) is 23.4 Å². The third kappa shape index (κ3) is 4.79. The van der Waals surface area contributed by atoms with E-state index in [0.717, 1.165) is 84.3 Å². The van der Waals surface area contributed by atoms with E-state index in [1.165, 1.54) is 18.4 Å². The lowest BCUT2D eigenvalue weighted by atomic mass is 9.87. The normalized spacial score (nSPS) is 20.3. The van der Waals surface area contributed by atoms with Crippen LogP contribution in [0.3, 0.4) is 0 Å². The Morgan fingerprint density at radius 2 is 1.77 bits per heavy atom. The number of fused-ring (bicyclic) bond motifs is 2. The summed E-state index contributed by atoms with van der Waals surface area (Å²) in [7, 11) is 1.72. The number of benzene rings is 2. The summed E-state index contributed by atoms with van der Waals surface area (Å²) in [5.74, 6) is 3.52. The Hall–Kier alpha value is -3.64. The van der Waals surface area contributed by atoms with Crippen LogP contribution >= 0.6 is 0 Å². The number of aryl methyl sites for hydroxylation is 1. The molecular formula is C34H38N4O2. The highest BCUT2D eigenvalue weighted by molar-refractivity contribution is 5.72. The van der Waals surface area contributed by atoms with Gasteiger partial charge in [-0.2, -0.15) is 0 Å². The number of para-hydroxylation sites is 2. The molecule has 40 heavy (non-hydrogen) atoms. The summed E-state index contributed by atoms with van der Waals surface area (Å²) in [5.41, 5.74) is 7.06. The number of methoxy groups -OCH3 is 1. The number of rotatable bonds is 7. The molecule has 1 atom stereocenters. The van der Waals surface area contributed by atoms with Crippen LogP contribution in [0.4, 0.5) is 0 Å². The second-order valence-electron chi connectivity index (χ2n) is 12.2. The maximum Gasteiger partial charge on any atom is 0.160 e. The second-order valence-corrected chi connectivity index (χ2v) is 12.2. The van der Waals surface area contributed by atoms with E-state index in [0.29, 0.717) is 11.3 Å². The van der Waals surface area contributed by atoms with E-state index >= 15 is 0 Å². The van der Waals surface area contributed by atoms with Crippen LogP contribution in [0.15, 0.2) is 60.7 Å². The minimum Gasteiger partial charge on any atom is -0.496 e. The number of likely N-dealkylation sites (tertiary alicyclic amines) is 1. The number of pyridine rings is 1. The third-order valence-corrected chi connectivity index (χ3v) is 9.06. The Morgan fingerprint density at radius 3 is 2.58 bits per heavy atom. The molecule has 1 aliphatic carbocycles. The first-order valence-electron chi connectivity index (χ1n) is 14.7. The average molecular weight is 535 g/mol. The van der Waals surface area contributed by atoms with Crippen molar-refractivity contribution in [3.8, 4) is 11.5 Å². The number of aromatic nitrogens is 3. The van der Waals surface area contributed by atoms with E-state index in [-0.39, 0.29) is 6.10 Å². The molecule has 4 aromatic rings. The van der Waals surface area contributed by atoms with Crippen molar-refractivity contribution >= 4 is 17.2 Å². The standard InChI is InChI=1S/C34H38N4O2/c1-23-11-13-28-33(35-23)38(22-34(2)17-18-34)31(36-28)21-37-19-15-24(16-20-37)26-9-6-7-25-12-14-30(40-32(25)26)27-8-4-5-10-29(27)39-3/h4-14,24,30H,15-22H2,1-3H3. The van der Waals surface area contributed by atoms with Crippen molar-refractivity contribution in [2.45, 2.75) is 64.6 Å². The Bertz CT molecular complexity index is 1580. The number of piperidine rings is 1. The predicted molar refractivity (Wildman–Crippen MR) is 159 cm³/mol. The van der Waals surface area contributed by atoms with Crippen LogP contribution in [-0.2, 0) is 13.1 Å². The molecule has 3 aliphatic rings. The summed E-state index contributed by atoms with van der Waals surface area (Å²) >= 11 is 0. The fourth-order valence-electron chi connectivity index (χ4n) is 6.37. The zero-order valence-corrected chi connectivity index (χ0v) is 23.8. The molecule has 0 bridgehead atoms. The number of imidazole rings is 1. The Labute approximate surface area is 236 Å². The van der Waals surface area contributed by atoms with Crippen molar-refractivity contribution in [1.29, 1.82) is 0 Å². The van der Waals surface area contributed by atoms with Crippen molar-refractivity contribution in [3.63, 3.8) is 0 Å². The lowest BCUT2D eigenvalue weighted by molar-refractivity contribution is 0.192. The topological polar surface area (TPSA) is 52.4 Å². The van der Waals surface area contributed by atoms with Gasteiger partial charge in [0.2, 0.25) is 0 Å². The van der Waals surface area contributed by atoms with Gasteiger partial charge in [0.1, 0.15) is 28.9 Å². The van der Waals surface area contributed by atoms with Gasteiger partial charge < -0.3 is 14.0 Å². The molecule has 7 rings (SSSR count). The van der Waals surface area contributed by atoms with E-state index in [4.69, 9.17) is 19.4 Å². The minimum atomic E-state index is -0.150. The fraction of sp³-hybridized carbons (Fsp3) is 0.412. The van der Waals surface area contributed by atoms with Gasteiger partial charge in [-0.3, -0.25) is 4.90 Å². The van der Waals surface area contributed by atoms with Crippen molar-refractivity contribution in [2.75, 3.05) is 20.2 Å². The second kappa shape index (κ2) is 10.1. The maximum atomic E-state index is 6.68. The molecule has 2 aliphatic heterocycles. The molecule has 2 aromatic carbocycles. The zero-order valence-electron chi connectivity index (χ0n) is 23.8. The fourth-order valence-corrected chi connectivity index (χ4v) is 6.37. The molecule has 1 saturated heterocycles. The summed E-state index contributed by atoms with van der Waals surface area (Å²) in [4.78, 5) is 12.5. The Morgan fingerprint density at radius 1 is 0.975 bits per heavy atom. The highest BCUT2D eigenvalue weighted by Gasteiger charge is 2.39. The van der Waals surface area contributed by atoms with E-state index in [9.17, 15) is 0 Å². The monoisotopic (exact) mass is 534 g/mol. The maximum absolute atomic E-state index is 6.68. The van der Waals surface area contributed by atoms with Crippen LogP contribution in [0, 0.1) is 12.3 Å². The Kier molecular flexibility index (Phi) is 6.38. The van der Waals surface area contributed by atoms with E-state index in [2.05, 4.69) is 71.9 Å². The smallest absolute Gasteiger partial charge is 0.160 e. The van der Waals surface area contributed by atoms with Crippen molar-refractivity contribution in [3.05, 3.63) is 88.9 Å². The summed E-state index contributed by atoms with van der Waals surface area (Å²) < 4.78 is 14.7. The first-order valence-corrected chi connectivity index (χ1v) is 14.7. The van der Waals surface area contributed by atoms with E-state index < -0.39 is 0 Å². The molecule has 1 unspecified atom stereocenters. The number of hydrogen-bond acceptors (Lipinski definition) is 5. The lowest BCUT2D eigenvalue weighted by Gasteiger charge is -2.34. The molecule has 4 heterocycles. The first kappa shape index (κ1) is 25.3. The van der Waals surface area contributed by atoms with Crippen LogP contribution in [0.5, 0.6) is 11.5 Å². The first-order chi connectivity index (χ1) is 19.5.